The number of hydrogen-bond acceptors (Lipinski definition) is 4. The second-order valence-corrected chi connectivity index (χ2v) is 5.24. The number of nitrogens with two attached hydrogens (primary N) is 1. The maximum Gasteiger partial charge on any atom is 0.201 e. The Hall–Kier alpha value is -1.67. The Bertz CT molecular complexity index is 597. The zero-order valence-electron chi connectivity index (χ0n) is 10.6. The van der Waals surface area contributed by atoms with Gasteiger partial charge >= 0.3 is 0 Å². The Kier molecular flexibility index (Phi) is 3.78. The van der Waals surface area contributed by atoms with Crippen molar-refractivity contribution >= 4 is 28.7 Å². The second kappa shape index (κ2) is 5.32. The molecular weight excluding hydrogens is 244 g/mol. The summed E-state index contributed by atoms with van der Waals surface area (Å²) in [4.78, 5) is 4.32. The molecule has 0 spiro atoms. The lowest BCUT2D eigenvalue weighted by molar-refractivity contribution is 0.556. The lowest BCUT2D eigenvalue weighted by Crippen LogP contribution is -2.09. The van der Waals surface area contributed by atoms with E-state index in [1.807, 2.05) is 28.5 Å². The van der Waals surface area contributed by atoms with E-state index in [0.29, 0.717) is 17.0 Å². The summed E-state index contributed by atoms with van der Waals surface area (Å²) < 4.78 is 2.02. The molecule has 5 heteroatoms. The summed E-state index contributed by atoms with van der Waals surface area (Å²) in [5.41, 5.74) is 8.21. The third-order valence-corrected chi connectivity index (χ3v) is 3.69. The van der Waals surface area contributed by atoms with Crippen LogP contribution in [0.25, 0.3) is 11.0 Å². The maximum absolute atomic E-state index is 9.07. The van der Waals surface area contributed by atoms with Crippen molar-refractivity contribution in [3.05, 3.63) is 23.8 Å². The van der Waals surface area contributed by atoms with Gasteiger partial charge in [-0.25, -0.2) is 4.98 Å². The van der Waals surface area contributed by atoms with Gasteiger partial charge in [-0.15, -0.1) is 0 Å². The summed E-state index contributed by atoms with van der Waals surface area (Å²) in [5.74, 6) is 1.57. The fourth-order valence-electron chi connectivity index (χ4n) is 2.11. The standard InChI is InChI=1S/C13H16N4S/c1-9(6-7-18-2)17-11-5-3-4-10(8-14)12(11)16-13(17)15/h3-5,9H,6-7H2,1-2H3,(H2,15,16). The van der Waals surface area contributed by atoms with Gasteiger partial charge in [0.1, 0.15) is 11.6 Å². The van der Waals surface area contributed by atoms with Crippen LogP contribution in [0.1, 0.15) is 24.9 Å². The largest absolute Gasteiger partial charge is 0.369 e. The third-order valence-electron chi connectivity index (χ3n) is 3.05. The molecule has 0 saturated carbocycles. The number of thioether (sulfide) groups is 1. The highest BCUT2D eigenvalue weighted by molar-refractivity contribution is 7.98. The Labute approximate surface area is 111 Å². The van der Waals surface area contributed by atoms with Crippen LogP contribution in [0.2, 0.25) is 0 Å². The van der Waals surface area contributed by atoms with Crippen molar-refractivity contribution in [1.82, 2.24) is 9.55 Å². The molecule has 18 heavy (non-hydrogen) atoms. The Morgan fingerprint density at radius 3 is 3.00 bits per heavy atom. The first kappa shape index (κ1) is 12.8. The van der Waals surface area contributed by atoms with Gasteiger partial charge in [0.15, 0.2) is 0 Å². The zero-order chi connectivity index (χ0) is 13.1. The molecule has 0 radical (unpaired) electrons. The number of hydrogen-bond donors (Lipinski definition) is 1. The summed E-state index contributed by atoms with van der Waals surface area (Å²) in [7, 11) is 0. The molecule has 1 unspecified atom stereocenters. The summed E-state index contributed by atoms with van der Waals surface area (Å²) >= 11 is 1.82. The van der Waals surface area contributed by atoms with Crippen LogP contribution in [0.4, 0.5) is 5.95 Å². The molecule has 0 aliphatic carbocycles. The predicted molar refractivity (Wildman–Crippen MR) is 76.6 cm³/mol. The molecule has 1 aromatic heterocycles. The average Bonchev–Trinajstić information content (AvgIpc) is 2.71. The summed E-state index contributed by atoms with van der Waals surface area (Å²) in [6.07, 6.45) is 3.13. The Morgan fingerprint density at radius 1 is 1.56 bits per heavy atom. The highest BCUT2D eigenvalue weighted by Crippen LogP contribution is 2.26. The molecule has 1 atom stereocenters. The van der Waals surface area contributed by atoms with Crippen LogP contribution in [0, 0.1) is 11.3 Å². The molecule has 0 amide bonds. The van der Waals surface area contributed by atoms with Crippen LogP contribution >= 0.6 is 11.8 Å². The number of nitriles is 1. The van der Waals surface area contributed by atoms with Gasteiger partial charge in [-0.2, -0.15) is 17.0 Å². The van der Waals surface area contributed by atoms with Gasteiger partial charge in [0.25, 0.3) is 0 Å². The van der Waals surface area contributed by atoms with Crippen LogP contribution in [-0.2, 0) is 0 Å². The van der Waals surface area contributed by atoms with Crippen LogP contribution in [0.3, 0.4) is 0 Å². The van der Waals surface area contributed by atoms with Crippen LogP contribution < -0.4 is 5.73 Å². The van der Waals surface area contributed by atoms with Crippen molar-refractivity contribution in [1.29, 1.82) is 5.26 Å². The first-order chi connectivity index (χ1) is 8.69. The maximum atomic E-state index is 9.07. The molecule has 1 heterocycles. The van der Waals surface area contributed by atoms with Gasteiger partial charge < -0.3 is 10.3 Å². The molecule has 94 valence electrons. The molecular formula is C13H16N4S. The van der Waals surface area contributed by atoms with Crippen molar-refractivity contribution in [3.63, 3.8) is 0 Å². The second-order valence-electron chi connectivity index (χ2n) is 4.26. The summed E-state index contributed by atoms with van der Waals surface area (Å²) in [5, 5.41) is 9.07. The fourth-order valence-corrected chi connectivity index (χ4v) is 2.68. The molecule has 0 saturated heterocycles. The monoisotopic (exact) mass is 260 g/mol. The summed E-state index contributed by atoms with van der Waals surface area (Å²) in [6.45, 7) is 2.13. The van der Waals surface area contributed by atoms with E-state index in [1.54, 1.807) is 6.07 Å². The molecule has 2 aromatic rings. The third kappa shape index (κ3) is 2.16. The number of nitrogens with zero attached hydrogens (tertiary/aromatic N) is 3. The van der Waals surface area contributed by atoms with E-state index < -0.39 is 0 Å². The minimum Gasteiger partial charge on any atom is -0.369 e. The molecule has 1 aromatic carbocycles. The number of benzene rings is 1. The van der Waals surface area contributed by atoms with Gasteiger partial charge in [-0.1, -0.05) is 6.07 Å². The fraction of sp³-hybridized carbons (Fsp3) is 0.385. The van der Waals surface area contributed by atoms with Crippen LogP contribution in [0.15, 0.2) is 18.2 Å². The molecule has 0 fully saturated rings. The van der Waals surface area contributed by atoms with Crippen molar-refractivity contribution in [2.75, 3.05) is 17.7 Å². The number of anilines is 1. The zero-order valence-corrected chi connectivity index (χ0v) is 11.4. The normalized spacial score (nSPS) is 12.5. The van der Waals surface area contributed by atoms with E-state index in [4.69, 9.17) is 11.0 Å². The number of aromatic nitrogens is 2. The van der Waals surface area contributed by atoms with E-state index >= 15 is 0 Å². The smallest absolute Gasteiger partial charge is 0.201 e. The Balaban J connectivity index is 2.51. The number of nitrogen functional groups attached to an aromatic ring is 1. The minimum atomic E-state index is 0.288. The van der Waals surface area contributed by atoms with E-state index in [9.17, 15) is 0 Å². The van der Waals surface area contributed by atoms with Gasteiger partial charge in [0, 0.05) is 6.04 Å². The van der Waals surface area contributed by atoms with E-state index in [-0.39, 0.29) is 6.04 Å². The number of para-hydroxylation sites is 1. The van der Waals surface area contributed by atoms with Crippen LogP contribution in [0.5, 0.6) is 0 Å². The lowest BCUT2D eigenvalue weighted by atomic mass is 10.2. The number of rotatable bonds is 4. The molecule has 0 aliphatic rings. The van der Waals surface area contributed by atoms with Crippen LogP contribution in [-0.4, -0.2) is 21.6 Å². The highest BCUT2D eigenvalue weighted by atomic mass is 32.2. The Morgan fingerprint density at radius 2 is 2.33 bits per heavy atom. The number of imidazole rings is 1. The van der Waals surface area contributed by atoms with E-state index in [0.717, 1.165) is 17.7 Å². The predicted octanol–water partition coefficient (Wildman–Crippen LogP) is 2.80. The van der Waals surface area contributed by atoms with Gasteiger partial charge in [-0.3, -0.25) is 0 Å². The topological polar surface area (TPSA) is 67.6 Å². The van der Waals surface area contributed by atoms with Crippen molar-refractivity contribution in [2.24, 2.45) is 0 Å². The highest BCUT2D eigenvalue weighted by Gasteiger charge is 2.15. The van der Waals surface area contributed by atoms with Gasteiger partial charge in [-0.05, 0) is 37.5 Å². The minimum absolute atomic E-state index is 0.288. The first-order valence-electron chi connectivity index (χ1n) is 5.84. The lowest BCUT2D eigenvalue weighted by Gasteiger charge is -2.15. The molecule has 4 nitrogen and oxygen atoms in total. The van der Waals surface area contributed by atoms with Gasteiger partial charge in [0.05, 0.1) is 11.1 Å². The number of fused-ring (bicyclic) bond motifs is 1. The summed E-state index contributed by atoms with van der Waals surface area (Å²) in [6, 6.07) is 8.06. The van der Waals surface area contributed by atoms with Gasteiger partial charge in [0.2, 0.25) is 5.95 Å². The van der Waals surface area contributed by atoms with Crippen molar-refractivity contribution < 1.29 is 0 Å². The van der Waals surface area contributed by atoms with E-state index in [1.165, 1.54) is 0 Å². The molecule has 2 N–H and O–H groups in total. The molecule has 0 bridgehead atoms. The average molecular weight is 260 g/mol. The van der Waals surface area contributed by atoms with Crippen molar-refractivity contribution in [2.45, 2.75) is 19.4 Å². The quantitative estimate of drug-likeness (QED) is 0.917. The SMILES string of the molecule is CSCCC(C)n1c(N)nc2c(C#N)cccc21. The molecule has 0 aliphatic heterocycles. The van der Waals surface area contributed by atoms with E-state index in [2.05, 4.69) is 24.2 Å². The molecule has 2 rings (SSSR count). The van der Waals surface area contributed by atoms with Crippen molar-refractivity contribution in [3.8, 4) is 6.07 Å². The first-order valence-corrected chi connectivity index (χ1v) is 7.24.